The summed E-state index contributed by atoms with van der Waals surface area (Å²) >= 11 is 0. The van der Waals surface area contributed by atoms with Gasteiger partial charge in [0.1, 0.15) is 0 Å². The highest BCUT2D eigenvalue weighted by Gasteiger charge is 2.23. The van der Waals surface area contributed by atoms with Gasteiger partial charge in [-0.3, -0.25) is 39.6 Å². The maximum absolute atomic E-state index is 12.3. The van der Waals surface area contributed by atoms with Gasteiger partial charge in [-0.15, -0.1) is 0 Å². The lowest BCUT2D eigenvalue weighted by Gasteiger charge is -2.20. The number of benzene rings is 1. The van der Waals surface area contributed by atoms with Crippen molar-refractivity contribution in [3.8, 4) is 0 Å². The topological polar surface area (TPSA) is 133 Å². The third-order valence-electron chi connectivity index (χ3n) is 2.95. The molecule has 1 rings (SSSR count). The molecule has 6 amide bonds. The maximum atomic E-state index is 12.3. The van der Waals surface area contributed by atoms with Crippen LogP contribution in [0.25, 0.3) is 0 Å². The molecule has 0 spiro atoms. The molecule has 10 heteroatoms. The molecule has 0 aliphatic heterocycles. The van der Waals surface area contributed by atoms with Crippen LogP contribution in [0, 0.1) is 0 Å². The second-order valence-corrected chi connectivity index (χ2v) is 5.23. The van der Waals surface area contributed by atoms with Crippen molar-refractivity contribution in [1.29, 1.82) is 0 Å². The zero-order valence-corrected chi connectivity index (χ0v) is 14.7. The molecule has 2 N–H and O–H groups in total. The zero-order chi connectivity index (χ0) is 20.0. The van der Waals surface area contributed by atoms with E-state index < -0.39 is 35.4 Å². The van der Waals surface area contributed by atoms with Gasteiger partial charge < -0.3 is 0 Å². The molecule has 138 valence electrons. The second-order valence-electron chi connectivity index (χ2n) is 5.23. The first-order chi connectivity index (χ1) is 12.0. The smallest absolute Gasteiger partial charge is 0.274 e. The Balaban J connectivity index is 3.06. The number of hydrogen-bond donors (Lipinski definition) is 2. The summed E-state index contributed by atoms with van der Waals surface area (Å²) in [5.41, 5.74) is 4.25. The quantitative estimate of drug-likeness (QED) is 0.698. The minimum absolute atomic E-state index is 0.0272. The number of imide groups is 2. The molecule has 0 radical (unpaired) electrons. The second kappa shape index (κ2) is 8.51. The van der Waals surface area contributed by atoms with Gasteiger partial charge in [-0.2, -0.15) is 10.0 Å². The Kier molecular flexibility index (Phi) is 6.71. The SMILES string of the molecule is CC(=O)NN(C(C)=O)C(=O)c1ccc(C(=O)N(NC(C)=O)C(C)=O)cc1. The van der Waals surface area contributed by atoms with Crippen LogP contribution in [0.15, 0.2) is 24.3 Å². The lowest BCUT2D eigenvalue weighted by molar-refractivity contribution is -0.135. The first kappa shape index (κ1) is 20.5. The summed E-state index contributed by atoms with van der Waals surface area (Å²) in [7, 11) is 0. The van der Waals surface area contributed by atoms with Crippen molar-refractivity contribution in [2.24, 2.45) is 0 Å². The van der Waals surface area contributed by atoms with Gasteiger partial charge in [0, 0.05) is 38.8 Å². The van der Waals surface area contributed by atoms with Gasteiger partial charge in [0.25, 0.3) is 11.8 Å². The molecule has 0 heterocycles. The minimum Gasteiger partial charge on any atom is -0.274 e. The number of carbonyl (C=O) groups is 6. The van der Waals surface area contributed by atoms with Crippen molar-refractivity contribution in [2.75, 3.05) is 0 Å². The fraction of sp³-hybridized carbons (Fsp3) is 0.250. The summed E-state index contributed by atoms with van der Waals surface area (Å²) in [6.45, 7) is 4.49. The molecule has 26 heavy (non-hydrogen) atoms. The molecule has 0 saturated heterocycles. The Bertz CT molecular complexity index is 706. The number of nitrogens with one attached hydrogen (secondary N) is 2. The van der Waals surface area contributed by atoms with Crippen LogP contribution in [0.2, 0.25) is 0 Å². The van der Waals surface area contributed by atoms with E-state index in [0.717, 1.165) is 27.7 Å². The molecule has 0 aliphatic carbocycles. The molecule has 0 bridgehead atoms. The fourth-order valence-corrected chi connectivity index (χ4v) is 1.87. The Morgan fingerprint density at radius 2 is 0.885 bits per heavy atom. The van der Waals surface area contributed by atoms with E-state index in [0.29, 0.717) is 10.0 Å². The van der Waals surface area contributed by atoms with Crippen molar-refractivity contribution < 1.29 is 28.8 Å². The van der Waals surface area contributed by atoms with Gasteiger partial charge in [-0.25, -0.2) is 0 Å². The first-order valence-corrected chi connectivity index (χ1v) is 7.39. The van der Waals surface area contributed by atoms with Crippen LogP contribution in [-0.2, 0) is 19.2 Å². The van der Waals surface area contributed by atoms with Crippen molar-refractivity contribution in [1.82, 2.24) is 20.9 Å². The lowest BCUT2D eigenvalue weighted by Crippen LogP contribution is -2.48. The summed E-state index contributed by atoms with van der Waals surface area (Å²) < 4.78 is 0. The predicted molar refractivity (Wildman–Crippen MR) is 87.8 cm³/mol. The van der Waals surface area contributed by atoms with Crippen LogP contribution in [0.4, 0.5) is 0 Å². The molecule has 0 fully saturated rings. The van der Waals surface area contributed by atoms with Crippen molar-refractivity contribution in [3.05, 3.63) is 35.4 Å². The average molecular weight is 362 g/mol. The highest BCUT2D eigenvalue weighted by molar-refractivity contribution is 6.07. The third kappa shape index (κ3) is 5.23. The van der Waals surface area contributed by atoms with E-state index in [1.54, 1.807) is 0 Å². The van der Waals surface area contributed by atoms with Crippen LogP contribution in [-0.4, -0.2) is 45.5 Å². The van der Waals surface area contributed by atoms with Crippen molar-refractivity contribution >= 4 is 35.4 Å². The Morgan fingerprint density at radius 3 is 1.08 bits per heavy atom. The van der Waals surface area contributed by atoms with E-state index in [1.807, 2.05) is 0 Å². The highest BCUT2D eigenvalue weighted by Crippen LogP contribution is 2.09. The van der Waals surface area contributed by atoms with Crippen LogP contribution in [0.5, 0.6) is 0 Å². The third-order valence-corrected chi connectivity index (χ3v) is 2.95. The molecule has 10 nitrogen and oxygen atoms in total. The number of nitrogens with zero attached hydrogens (tertiary/aromatic N) is 2. The Morgan fingerprint density at radius 1 is 0.615 bits per heavy atom. The van der Waals surface area contributed by atoms with Crippen molar-refractivity contribution in [2.45, 2.75) is 27.7 Å². The van der Waals surface area contributed by atoms with E-state index in [2.05, 4.69) is 10.9 Å². The number of amides is 6. The van der Waals surface area contributed by atoms with Gasteiger partial charge in [0.2, 0.25) is 23.6 Å². The molecule has 0 atom stereocenters. The van der Waals surface area contributed by atoms with Crippen LogP contribution >= 0.6 is 0 Å². The van der Waals surface area contributed by atoms with Crippen molar-refractivity contribution in [3.63, 3.8) is 0 Å². The van der Waals surface area contributed by atoms with E-state index in [4.69, 9.17) is 0 Å². The van der Waals surface area contributed by atoms with Gasteiger partial charge >= 0.3 is 0 Å². The molecule has 1 aromatic carbocycles. The molecule has 1 aromatic rings. The molecular formula is C16H18N4O6. The average Bonchev–Trinajstić information content (AvgIpc) is 2.55. The molecule has 0 aliphatic rings. The van der Waals surface area contributed by atoms with E-state index in [-0.39, 0.29) is 11.1 Å². The normalized spacial score (nSPS) is 9.69. The maximum Gasteiger partial charge on any atom is 0.279 e. The van der Waals surface area contributed by atoms with E-state index in [1.165, 1.54) is 24.3 Å². The minimum atomic E-state index is -0.794. The van der Waals surface area contributed by atoms with Crippen LogP contribution < -0.4 is 10.9 Å². The number of rotatable bonds is 2. The number of hydrogen-bond acceptors (Lipinski definition) is 6. The molecule has 0 saturated carbocycles. The van der Waals surface area contributed by atoms with E-state index >= 15 is 0 Å². The summed E-state index contributed by atoms with van der Waals surface area (Å²) in [5, 5.41) is 1.08. The summed E-state index contributed by atoms with van der Waals surface area (Å²) in [6, 6.07) is 5.00. The van der Waals surface area contributed by atoms with E-state index in [9.17, 15) is 28.8 Å². The van der Waals surface area contributed by atoms with Gasteiger partial charge in [0.15, 0.2) is 0 Å². The molecular weight excluding hydrogens is 344 g/mol. The largest absolute Gasteiger partial charge is 0.279 e. The first-order valence-electron chi connectivity index (χ1n) is 7.39. The number of carbonyl (C=O) groups excluding carboxylic acids is 6. The predicted octanol–water partition coefficient (Wildman–Crippen LogP) is -0.234. The number of hydrazine groups is 2. The lowest BCUT2D eigenvalue weighted by atomic mass is 10.1. The highest BCUT2D eigenvalue weighted by atomic mass is 16.2. The van der Waals surface area contributed by atoms with Crippen LogP contribution in [0.3, 0.4) is 0 Å². The standard InChI is InChI=1S/C16H18N4O6/c1-9(21)17-19(11(3)23)15(25)13-5-7-14(8-6-13)16(26)20(12(4)24)18-10(2)22/h5-8H,1-4H3,(H,17,21)(H,18,22). The summed E-state index contributed by atoms with van der Waals surface area (Å²) in [5.74, 6) is -4.19. The monoisotopic (exact) mass is 362 g/mol. The molecule has 0 aromatic heterocycles. The van der Waals surface area contributed by atoms with Gasteiger partial charge in [0.05, 0.1) is 0 Å². The molecule has 0 unspecified atom stereocenters. The van der Waals surface area contributed by atoms with Gasteiger partial charge in [-0.1, -0.05) is 0 Å². The Hall–Kier alpha value is -3.56. The fourth-order valence-electron chi connectivity index (χ4n) is 1.87. The van der Waals surface area contributed by atoms with Crippen LogP contribution in [0.1, 0.15) is 48.4 Å². The Labute approximate surface area is 149 Å². The summed E-state index contributed by atoms with van der Waals surface area (Å²) in [6.07, 6.45) is 0. The van der Waals surface area contributed by atoms with Gasteiger partial charge in [-0.05, 0) is 24.3 Å². The zero-order valence-electron chi connectivity index (χ0n) is 14.7. The summed E-state index contributed by atoms with van der Waals surface area (Å²) in [4.78, 5) is 69.7.